The van der Waals surface area contributed by atoms with Crippen molar-refractivity contribution in [2.75, 3.05) is 5.32 Å². The summed E-state index contributed by atoms with van der Waals surface area (Å²) in [5.41, 5.74) is 2.67. The normalized spacial score (nSPS) is 11.9. The van der Waals surface area contributed by atoms with E-state index in [0.717, 1.165) is 27.7 Å². The summed E-state index contributed by atoms with van der Waals surface area (Å²) in [7, 11) is 0. The molecule has 0 aliphatic rings. The number of aryl methyl sites for hydroxylation is 1. The summed E-state index contributed by atoms with van der Waals surface area (Å²) in [6.07, 6.45) is 0.841. The third kappa shape index (κ3) is 3.62. The van der Waals surface area contributed by atoms with E-state index in [1.165, 1.54) is 0 Å². The van der Waals surface area contributed by atoms with E-state index >= 15 is 0 Å². The molecular formula is C16H15BrClNO. The lowest BCUT2D eigenvalue weighted by Crippen LogP contribution is -2.18. The Hall–Kier alpha value is -1.32. The maximum atomic E-state index is 12.2. The lowest BCUT2D eigenvalue weighted by Gasteiger charge is -2.13. The number of halogens is 2. The van der Waals surface area contributed by atoms with Crippen LogP contribution in [0.2, 0.25) is 0 Å². The van der Waals surface area contributed by atoms with Crippen molar-refractivity contribution in [1.29, 1.82) is 0 Å². The number of carbonyl (C=O) groups is 1. The number of rotatable bonds is 4. The average molecular weight is 353 g/mol. The highest BCUT2D eigenvalue weighted by molar-refractivity contribution is 9.10. The van der Waals surface area contributed by atoms with Crippen molar-refractivity contribution in [3.05, 3.63) is 64.1 Å². The second-order valence-electron chi connectivity index (χ2n) is 4.42. The number of anilines is 1. The van der Waals surface area contributed by atoms with E-state index in [0.29, 0.717) is 0 Å². The van der Waals surface area contributed by atoms with E-state index in [9.17, 15) is 4.79 Å². The van der Waals surface area contributed by atoms with E-state index in [4.69, 9.17) is 11.6 Å². The van der Waals surface area contributed by atoms with Crippen LogP contribution in [0, 0.1) is 0 Å². The molecule has 1 N–H and O–H groups in total. The summed E-state index contributed by atoms with van der Waals surface area (Å²) < 4.78 is 0.998. The predicted molar refractivity (Wildman–Crippen MR) is 87.2 cm³/mol. The van der Waals surface area contributed by atoms with Gasteiger partial charge in [0.25, 0.3) is 0 Å². The Bertz CT molecular complexity index is 601. The molecule has 4 heteroatoms. The highest BCUT2D eigenvalue weighted by Gasteiger charge is 2.18. The molecule has 0 heterocycles. The molecule has 0 aliphatic heterocycles. The zero-order valence-electron chi connectivity index (χ0n) is 11.1. The third-order valence-corrected chi connectivity index (χ3v) is 3.97. The zero-order valence-corrected chi connectivity index (χ0v) is 13.4. The minimum Gasteiger partial charge on any atom is -0.324 e. The Morgan fingerprint density at radius 1 is 1.25 bits per heavy atom. The van der Waals surface area contributed by atoms with Crippen LogP contribution in [0.15, 0.2) is 53.0 Å². The molecule has 2 aromatic rings. The van der Waals surface area contributed by atoms with Crippen LogP contribution >= 0.6 is 27.5 Å². The summed E-state index contributed by atoms with van der Waals surface area (Å²) in [5, 5.41) is 2.20. The molecule has 0 fully saturated rings. The molecule has 1 atom stereocenters. The van der Waals surface area contributed by atoms with Crippen molar-refractivity contribution >= 4 is 39.1 Å². The van der Waals surface area contributed by atoms with Gasteiger partial charge in [0.1, 0.15) is 5.38 Å². The molecule has 1 amide bonds. The van der Waals surface area contributed by atoms with Crippen molar-refractivity contribution < 1.29 is 4.79 Å². The number of carbonyl (C=O) groups excluding carboxylic acids is 1. The summed E-state index contributed by atoms with van der Waals surface area (Å²) in [4.78, 5) is 12.2. The summed E-state index contributed by atoms with van der Waals surface area (Å²) in [6.45, 7) is 2.05. The maximum Gasteiger partial charge on any atom is 0.246 e. The van der Waals surface area contributed by atoms with Gasteiger partial charge in [-0.1, -0.05) is 53.2 Å². The molecule has 1 unspecified atom stereocenters. The van der Waals surface area contributed by atoms with E-state index in [2.05, 4.69) is 21.2 Å². The van der Waals surface area contributed by atoms with Gasteiger partial charge in [-0.15, -0.1) is 11.6 Å². The third-order valence-electron chi connectivity index (χ3n) is 3.03. The average Bonchev–Trinajstić information content (AvgIpc) is 2.49. The Kier molecular flexibility index (Phi) is 5.21. The molecule has 0 aromatic heterocycles. The second-order valence-corrected chi connectivity index (χ2v) is 5.77. The van der Waals surface area contributed by atoms with Crippen LogP contribution in [0.4, 0.5) is 5.69 Å². The van der Waals surface area contributed by atoms with Gasteiger partial charge in [-0.2, -0.15) is 0 Å². The van der Waals surface area contributed by atoms with Gasteiger partial charge in [-0.3, -0.25) is 4.79 Å². The molecule has 2 aromatic carbocycles. The van der Waals surface area contributed by atoms with Crippen molar-refractivity contribution in [1.82, 2.24) is 0 Å². The Balaban J connectivity index is 2.16. The molecule has 0 bridgehead atoms. The maximum absolute atomic E-state index is 12.2. The molecule has 0 saturated carbocycles. The Morgan fingerprint density at radius 2 is 1.95 bits per heavy atom. The van der Waals surface area contributed by atoms with E-state index in [-0.39, 0.29) is 5.91 Å². The molecule has 0 aliphatic carbocycles. The van der Waals surface area contributed by atoms with E-state index < -0.39 is 5.38 Å². The molecule has 104 valence electrons. The Morgan fingerprint density at radius 3 is 2.60 bits per heavy atom. The second kappa shape index (κ2) is 6.91. The quantitative estimate of drug-likeness (QED) is 0.777. The fourth-order valence-corrected chi connectivity index (χ4v) is 2.55. The van der Waals surface area contributed by atoms with Gasteiger partial charge in [0.15, 0.2) is 0 Å². The number of hydrogen-bond acceptors (Lipinski definition) is 1. The van der Waals surface area contributed by atoms with Gasteiger partial charge in [-0.05, 0) is 35.7 Å². The number of hydrogen-bond donors (Lipinski definition) is 1. The molecule has 2 rings (SSSR count). The lowest BCUT2D eigenvalue weighted by molar-refractivity contribution is -0.116. The van der Waals surface area contributed by atoms with E-state index in [1.54, 1.807) is 0 Å². The first-order valence-electron chi connectivity index (χ1n) is 6.40. The van der Waals surface area contributed by atoms with Gasteiger partial charge in [-0.25, -0.2) is 0 Å². The number of alkyl halides is 1. The van der Waals surface area contributed by atoms with E-state index in [1.807, 2.05) is 55.5 Å². The van der Waals surface area contributed by atoms with Crippen LogP contribution < -0.4 is 5.32 Å². The fraction of sp³-hybridized carbons (Fsp3) is 0.188. The van der Waals surface area contributed by atoms with Gasteiger partial charge >= 0.3 is 0 Å². The first-order valence-corrected chi connectivity index (χ1v) is 7.63. The van der Waals surface area contributed by atoms with Crippen LogP contribution in [0.5, 0.6) is 0 Å². The fourth-order valence-electron chi connectivity index (χ4n) is 1.95. The van der Waals surface area contributed by atoms with Crippen molar-refractivity contribution in [2.24, 2.45) is 0 Å². The summed E-state index contributed by atoms with van der Waals surface area (Å²) in [5.74, 6) is -0.213. The first-order chi connectivity index (χ1) is 9.61. The van der Waals surface area contributed by atoms with Gasteiger partial charge < -0.3 is 5.32 Å². The van der Waals surface area contributed by atoms with Crippen molar-refractivity contribution in [3.63, 3.8) is 0 Å². The molecule has 2 nitrogen and oxygen atoms in total. The number of amides is 1. The van der Waals surface area contributed by atoms with Crippen molar-refractivity contribution in [2.45, 2.75) is 18.7 Å². The van der Waals surface area contributed by atoms with Gasteiger partial charge in [0, 0.05) is 10.2 Å². The molecule has 0 spiro atoms. The minimum atomic E-state index is -0.690. The molecular weight excluding hydrogens is 338 g/mol. The summed E-state index contributed by atoms with van der Waals surface area (Å²) in [6, 6.07) is 15.1. The smallest absolute Gasteiger partial charge is 0.246 e. The predicted octanol–water partition coefficient (Wildman–Crippen LogP) is 4.93. The van der Waals surface area contributed by atoms with Crippen LogP contribution in [0.25, 0.3) is 0 Å². The number of benzene rings is 2. The topological polar surface area (TPSA) is 29.1 Å². The molecule has 20 heavy (non-hydrogen) atoms. The largest absolute Gasteiger partial charge is 0.324 e. The van der Waals surface area contributed by atoms with Gasteiger partial charge in [0.2, 0.25) is 5.91 Å². The zero-order chi connectivity index (χ0) is 14.5. The standard InChI is InChI=1S/C16H15BrClNO/c1-2-11-10-13(17)8-9-14(11)19-16(20)15(18)12-6-4-3-5-7-12/h3-10,15H,2H2,1H3,(H,19,20). The van der Waals surface area contributed by atoms with Crippen LogP contribution in [-0.2, 0) is 11.2 Å². The monoisotopic (exact) mass is 351 g/mol. The van der Waals surface area contributed by atoms with Gasteiger partial charge in [0.05, 0.1) is 0 Å². The van der Waals surface area contributed by atoms with Crippen LogP contribution in [0.3, 0.4) is 0 Å². The molecule has 0 radical (unpaired) electrons. The Labute approximate surface area is 132 Å². The van der Waals surface area contributed by atoms with Crippen molar-refractivity contribution in [3.8, 4) is 0 Å². The SMILES string of the molecule is CCc1cc(Br)ccc1NC(=O)C(Cl)c1ccccc1. The van der Waals surface area contributed by atoms with Crippen LogP contribution in [-0.4, -0.2) is 5.91 Å². The summed E-state index contributed by atoms with van der Waals surface area (Å²) >= 11 is 9.64. The minimum absolute atomic E-state index is 0.213. The highest BCUT2D eigenvalue weighted by atomic mass is 79.9. The number of nitrogens with one attached hydrogen (secondary N) is 1. The highest BCUT2D eigenvalue weighted by Crippen LogP contribution is 2.25. The lowest BCUT2D eigenvalue weighted by atomic mass is 10.1. The molecule has 0 saturated heterocycles. The van der Waals surface area contributed by atoms with Crippen LogP contribution in [0.1, 0.15) is 23.4 Å². The first kappa shape index (κ1) is 15.1.